The molecule has 0 N–H and O–H groups in total. The number of benzene rings is 1. The average molecular weight is 190 g/mol. The first-order chi connectivity index (χ1) is 6.66. The molecule has 1 aliphatic heterocycles. The van der Waals surface area contributed by atoms with Crippen LogP contribution in [0.2, 0.25) is 0 Å². The minimum absolute atomic E-state index is 0.169. The molecule has 1 atom stereocenters. The lowest BCUT2D eigenvalue weighted by Gasteiger charge is -2.04. The zero-order valence-corrected chi connectivity index (χ0v) is 7.82. The molecule has 0 bridgehead atoms. The van der Waals surface area contributed by atoms with Crippen molar-refractivity contribution in [2.45, 2.75) is 19.3 Å². The van der Waals surface area contributed by atoms with Crippen molar-refractivity contribution in [3.8, 4) is 0 Å². The Kier molecular flexibility index (Phi) is 2.08. The van der Waals surface area contributed by atoms with E-state index >= 15 is 0 Å². The number of carbonyl (C=O) groups excluding carboxylic acids is 2. The molecule has 1 saturated heterocycles. The van der Waals surface area contributed by atoms with Gasteiger partial charge in [-0.25, -0.2) is 0 Å². The van der Waals surface area contributed by atoms with E-state index in [1.54, 1.807) is 0 Å². The van der Waals surface area contributed by atoms with E-state index in [0.717, 1.165) is 11.1 Å². The van der Waals surface area contributed by atoms with Crippen molar-refractivity contribution in [3.63, 3.8) is 0 Å². The first-order valence-electron chi connectivity index (χ1n) is 4.48. The summed E-state index contributed by atoms with van der Waals surface area (Å²) in [7, 11) is 0. The number of ether oxygens (including phenoxy) is 1. The highest BCUT2D eigenvalue weighted by atomic mass is 16.6. The fraction of sp³-hybridized carbons (Fsp3) is 0.273. The lowest BCUT2D eigenvalue weighted by atomic mass is 9.96. The van der Waals surface area contributed by atoms with E-state index in [4.69, 9.17) is 0 Å². The maximum atomic E-state index is 11.3. The molecule has 0 aromatic heterocycles. The molecule has 0 radical (unpaired) electrons. The summed E-state index contributed by atoms with van der Waals surface area (Å²) in [6, 6.07) is 7.58. The Labute approximate surface area is 81.7 Å². The van der Waals surface area contributed by atoms with Crippen molar-refractivity contribution >= 4 is 11.9 Å². The quantitative estimate of drug-likeness (QED) is 0.498. The van der Waals surface area contributed by atoms with Gasteiger partial charge in [0, 0.05) is 0 Å². The maximum Gasteiger partial charge on any atom is 0.321 e. The van der Waals surface area contributed by atoms with Crippen LogP contribution in [0.5, 0.6) is 0 Å². The van der Waals surface area contributed by atoms with Crippen LogP contribution in [0.1, 0.15) is 23.5 Å². The van der Waals surface area contributed by atoms with Crippen LogP contribution in [0, 0.1) is 6.92 Å². The zero-order valence-electron chi connectivity index (χ0n) is 7.82. The molecule has 3 nitrogen and oxygen atoms in total. The SMILES string of the molecule is Cc1cccc([C@@H]2CC(=O)OC2=O)c1. The van der Waals surface area contributed by atoms with E-state index in [1.807, 2.05) is 31.2 Å². The summed E-state index contributed by atoms with van der Waals surface area (Å²) in [4.78, 5) is 22.1. The highest BCUT2D eigenvalue weighted by Crippen LogP contribution is 2.27. The molecule has 1 aromatic carbocycles. The van der Waals surface area contributed by atoms with E-state index in [2.05, 4.69) is 4.74 Å². The molecule has 0 amide bonds. The second kappa shape index (κ2) is 3.25. The number of carbonyl (C=O) groups is 2. The molecule has 1 heterocycles. The lowest BCUT2D eigenvalue weighted by molar-refractivity contribution is -0.152. The Hall–Kier alpha value is -1.64. The number of aryl methyl sites for hydroxylation is 1. The molecule has 14 heavy (non-hydrogen) atoms. The van der Waals surface area contributed by atoms with Crippen LogP contribution >= 0.6 is 0 Å². The van der Waals surface area contributed by atoms with Gasteiger partial charge in [0.1, 0.15) is 0 Å². The summed E-state index contributed by atoms with van der Waals surface area (Å²) >= 11 is 0. The Morgan fingerprint density at radius 1 is 1.36 bits per heavy atom. The van der Waals surface area contributed by atoms with Gasteiger partial charge in [-0.3, -0.25) is 9.59 Å². The van der Waals surface area contributed by atoms with Crippen molar-refractivity contribution < 1.29 is 14.3 Å². The van der Waals surface area contributed by atoms with E-state index in [-0.39, 0.29) is 6.42 Å². The monoisotopic (exact) mass is 190 g/mol. The minimum atomic E-state index is -0.430. The Bertz CT molecular complexity index is 395. The normalized spacial score (nSPS) is 21.1. The fourth-order valence-electron chi connectivity index (χ4n) is 1.62. The minimum Gasteiger partial charge on any atom is -0.393 e. The summed E-state index contributed by atoms with van der Waals surface area (Å²) in [6.07, 6.45) is 0.169. The van der Waals surface area contributed by atoms with Gasteiger partial charge >= 0.3 is 11.9 Å². The average Bonchev–Trinajstić information content (AvgIpc) is 2.45. The predicted molar refractivity (Wildman–Crippen MR) is 49.6 cm³/mol. The second-order valence-corrected chi connectivity index (χ2v) is 3.46. The van der Waals surface area contributed by atoms with Crippen LogP contribution in [0.25, 0.3) is 0 Å². The summed E-state index contributed by atoms with van der Waals surface area (Å²) in [6.45, 7) is 1.95. The molecule has 2 rings (SSSR count). The van der Waals surface area contributed by atoms with Gasteiger partial charge < -0.3 is 4.74 Å². The van der Waals surface area contributed by atoms with Gasteiger partial charge in [0.05, 0.1) is 12.3 Å². The fourth-order valence-corrected chi connectivity index (χ4v) is 1.62. The molecule has 1 fully saturated rings. The highest BCUT2D eigenvalue weighted by molar-refractivity contribution is 5.97. The molecule has 0 unspecified atom stereocenters. The molecule has 0 saturated carbocycles. The molecular formula is C11H10O3. The van der Waals surface area contributed by atoms with Gasteiger partial charge in [0.15, 0.2) is 0 Å². The number of esters is 2. The highest BCUT2D eigenvalue weighted by Gasteiger charge is 2.34. The molecular weight excluding hydrogens is 180 g/mol. The van der Waals surface area contributed by atoms with Crippen LogP contribution in [-0.4, -0.2) is 11.9 Å². The molecule has 0 spiro atoms. The molecule has 3 heteroatoms. The van der Waals surface area contributed by atoms with Crippen LogP contribution in [0.4, 0.5) is 0 Å². The standard InChI is InChI=1S/C11H10O3/c1-7-3-2-4-8(5-7)9-6-10(12)14-11(9)13/h2-5,9H,6H2,1H3/t9-/m0/s1. The number of hydrogen-bond acceptors (Lipinski definition) is 3. The van der Waals surface area contributed by atoms with Crippen molar-refractivity contribution in [3.05, 3.63) is 35.4 Å². The van der Waals surface area contributed by atoms with Gasteiger partial charge in [-0.05, 0) is 12.5 Å². The topological polar surface area (TPSA) is 43.4 Å². The summed E-state index contributed by atoms with van der Waals surface area (Å²) in [5.74, 6) is -1.26. The van der Waals surface area contributed by atoms with Gasteiger partial charge in [0.25, 0.3) is 0 Å². The molecule has 0 aliphatic carbocycles. The first-order valence-corrected chi connectivity index (χ1v) is 4.48. The predicted octanol–water partition coefficient (Wildman–Crippen LogP) is 1.55. The lowest BCUT2D eigenvalue weighted by Crippen LogP contribution is -2.05. The van der Waals surface area contributed by atoms with Crippen molar-refractivity contribution in [2.75, 3.05) is 0 Å². The second-order valence-electron chi connectivity index (χ2n) is 3.46. The maximum absolute atomic E-state index is 11.3. The van der Waals surface area contributed by atoms with E-state index < -0.39 is 17.9 Å². The van der Waals surface area contributed by atoms with Crippen LogP contribution < -0.4 is 0 Å². The third-order valence-corrected chi connectivity index (χ3v) is 2.31. The van der Waals surface area contributed by atoms with E-state index in [9.17, 15) is 9.59 Å². The number of cyclic esters (lactones) is 2. The van der Waals surface area contributed by atoms with Crippen LogP contribution in [0.3, 0.4) is 0 Å². The third-order valence-electron chi connectivity index (χ3n) is 2.31. The van der Waals surface area contributed by atoms with Gasteiger partial charge in [0.2, 0.25) is 0 Å². The summed E-state index contributed by atoms with van der Waals surface area (Å²) in [5, 5.41) is 0. The van der Waals surface area contributed by atoms with E-state index in [0.29, 0.717) is 0 Å². The molecule has 1 aliphatic rings. The van der Waals surface area contributed by atoms with Gasteiger partial charge in [-0.15, -0.1) is 0 Å². The van der Waals surface area contributed by atoms with Crippen molar-refractivity contribution in [1.82, 2.24) is 0 Å². The summed E-state index contributed by atoms with van der Waals surface area (Å²) < 4.78 is 4.49. The zero-order chi connectivity index (χ0) is 10.1. The Morgan fingerprint density at radius 2 is 2.14 bits per heavy atom. The third kappa shape index (κ3) is 1.53. The molecule has 1 aromatic rings. The first kappa shape index (κ1) is 8.94. The largest absolute Gasteiger partial charge is 0.393 e. The Morgan fingerprint density at radius 3 is 2.71 bits per heavy atom. The van der Waals surface area contributed by atoms with E-state index in [1.165, 1.54) is 0 Å². The number of rotatable bonds is 1. The van der Waals surface area contributed by atoms with Gasteiger partial charge in [-0.2, -0.15) is 0 Å². The van der Waals surface area contributed by atoms with Crippen molar-refractivity contribution in [1.29, 1.82) is 0 Å². The number of hydrogen-bond donors (Lipinski definition) is 0. The molecule has 72 valence electrons. The van der Waals surface area contributed by atoms with Gasteiger partial charge in [-0.1, -0.05) is 29.8 Å². The summed E-state index contributed by atoms with van der Waals surface area (Å²) in [5.41, 5.74) is 1.94. The smallest absolute Gasteiger partial charge is 0.321 e. The van der Waals surface area contributed by atoms with Crippen LogP contribution in [-0.2, 0) is 14.3 Å². The van der Waals surface area contributed by atoms with Crippen LogP contribution in [0.15, 0.2) is 24.3 Å². The van der Waals surface area contributed by atoms with Crippen molar-refractivity contribution in [2.24, 2.45) is 0 Å². The Balaban J connectivity index is 2.31.